The SMILES string of the molecule is COc1cc(Cl)c(C)cc1NC(=O)c1c[nH]c2cc(OC)c(OC)cc12. The van der Waals surface area contributed by atoms with E-state index in [1.54, 1.807) is 44.7 Å². The number of amides is 1. The maximum atomic E-state index is 12.8. The van der Waals surface area contributed by atoms with Crippen molar-refractivity contribution in [3.8, 4) is 17.2 Å². The number of hydrogen-bond acceptors (Lipinski definition) is 4. The molecule has 0 aliphatic carbocycles. The summed E-state index contributed by atoms with van der Waals surface area (Å²) in [5, 5.41) is 4.18. The Morgan fingerprint density at radius 1 is 1.00 bits per heavy atom. The fourth-order valence-electron chi connectivity index (χ4n) is 2.76. The van der Waals surface area contributed by atoms with E-state index in [0.29, 0.717) is 33.5 Å². The Labute approximate surface area is 156 Å². The van der Waals surface area contributed by atoms with Crippen molar-refractivity contribution in [3.05, 3.63) is 46.6 Å². The number of ether oxygens (including phenoxy) is 3. The molecule has 6 nitrogen and oxygen atoms in total. The number of aromatic amines is 1. The smallest absolute Gasteiger partial charge is 0.257 e. The average Bonchev–Trinajstić information content (AvgIpc) is 3.06. The van der Waals surface area contributed by atoms with Gasteiger partial charge in [-0.3, -0.25) is 4.79 Å². The Balaban J connectivity index is 2.00. The summed E-state index contributed by atoms with van der Waals surface area (Å²) in [5.41, 5.74) is 2.64. The third kappa shape index (κ3) is 3.15. The van der Waals surface area contributed by atoms with Gasteiger partial charge in [0.05, 0.1) is 38.1 Å². The predicted molar refractivity (Wildman–Crippen MR) is 102 cm³/mol. The largest absolute Gasteiger partial charge is 0.495 e. The second kappa shape index (κ2) is 7.17. The minimum absolute atomic E-state index is 0.275. The summed E-state index contributed by atoms with van der Waals surface area (Å²) in [5.74, 6) is 1.36. The zero-order valence-corrected chi connectivity index (χ0v) is 15.7. The van der Waals surface area contributed by atoms with Crippen LogP contribution in [0.25, 0.3) is 10.9 Å². The quantitative estimate of drug-likeness (QED) is 0.694. The van der Waals surface area contributed by atoms with E-state index in [-0.39, 0.29) is 5.91 Å². The number of carbonyl (C=O) groups is 1. The van der Waals surface area contributed by atoms with Crippen LogP contribution in [0.4, 0.5) is 5.69 Å². The minimum atomic E-state index is -0.275. The molecule has 0 fully saturated rings. The molecule has 0 aliphatic heterocycles. The number of aromatic nitrogens is 1. The zero-order valence-electron chi connectivity index (χ0n) is 14.9. The summed E-state index contributed by atoms with van der Waals surface area (Å²) >= 11 is 6.12. The summed E-state index contributed by atoms with van der Waals surface area (Å²) < 4.78 is 15.9. The van der Waals surface area contributed by atoms with Crippen LogP contribution in [0.2, 0.25) is 5.02 Å². The van der Waals surface area contributed by atoms with Gasteiger partial charge in [-0.05, 0) is 24.6 Å². The number of anilines is 1. The van der Waals surface area contributed by atoms with E-state index in [2.05, 4.69) is 10.3 Å². The average molecular weight is 375 g/mol. The molecule has 0 atom stereocenters. The molecule has 7 heteroatoms. The van der Waals surface area contributed by atoms with E-state index in [0.717, 1.165) is 16.5 Å². The molecule has 0 saturated carbocycles. The topological polar surface area (TPSA) is 72.6 Å². The summed E-state index contributed by atoms with van der Waals surface area (Å²) in [7, 11) is 4.65. The Morgan fingerprint density at radius 3 is 2.31 bits per heavy atom. The Hall–Kier alpha value is -2.86. The van der Waals surface area contributed by atoms with E-state index < -0.39 is 0 Å². The molecule has 0 unspecified atom stereocenters. The van der Waals surface area contributed by atoms with Crippen molar-refractivity contribution in [1.82, 2.24) is 4.98 Å². The predicted octanol–water partition coefficient (Wildman–Crippen LogP) is 4.41. The molecular formula is C19H19ClN2O4. The van der Waals surface area contributed by atoms with Crippen LogP contribution in [0.3, 0.4) is 0 Å². The van der Waals surface area contributed by atoms with E-state index in [1.165, 1.54) is 7.11 Å². The molecule has 136 valence electrons. The van der Waals surface area contributed by atoms with Crippen molar-refractivity contribution in [2.75, 3.05) is 26.6 Å². The van der Waals surface area contributed by atoms with E-state index in [9.17, 15) is 4.79 Å². The highest BCUT2D eigenvalue weighted by atomic mass is 35.5. The Morgan fingerprint density at radius 2 is 1.65 bits per heavy atom. The molecule has 2 aromatic carbocycles. The van der Waals surface area contributed by atoms with E-state index >= 15 is 0 Å². The van der Waals surface area contributed by atoms with Gasteiger partial charge in [-0.2, -0.15) is 0 Å². The number of fused-ring (bicyclic) bond motifs is 1. The van der Waals surface area contributed by atoms with Crippen molar-refractivity contribution in [2.24, 2.45) is 0 Å². The van der Waals surface area contributed by atoms with Gasteiger partial charge in [-0.1, -0.05) is 11.6 Å². The van der Waals surface area contributed by atoms with Gasteiger partial charge in [-0.15, -0.1) is 0 Å². The maximum Gasteiger partial charge on any atom is 0.257 e. The van der Waals surface area contributed by atoms with E-state index in [4.69, 9.17) is 25.8 Å². The number of carbonyl (C=O) groups excluding carboxylic acids is 1. The van der Waals surface area contributed by atoms with Gasteiger partial charge in [0.25, 0.3) is 5.91 Å². The van der Waals surface area contributed by atoms with Crippen LogP contribution < -0.4 is 19.5 Å². The molecule has 0 saturated heterocycles. The van der Waals surface area contributed by atoms with Crippen molar-refractivity contribution in [1.29, 1.82) is 0 Å². The van der Waals surface area contributed by atoms with Crippen LogP contribution in [0.1, 0.15) is 15.9 Å². The molecule has 0 radical (unpaired) electrons. The first kappa shape index (κ1) is 17.9. The second-order valence-corrected chi connectivity index (χ2v) is 6.12. The number of methoxy groups -OCH3 is 3. The molecule has 26 heavy (non-hydrogen) atoms. The first-order valence-corrected chi connectivity index (χ1v) is 8.24. The van der Waals surface area contributed by atoms with Gasteiger partial charge in [0.2, 0.25) is 0 Å². The second-order valence-electron chi connectivity index (χ2n) is 5.71. The molecule has 1 aromatic heterocycles. The zero-order chi connectivity index (χ0) is 18.8. The van der Waals surface area contributed by atoms with Gasteiger partial charge in [0.1, 0.15) is 5.75 Å². The molecule has 1 heterocycles. The van der Waals surface area contributed by atoms with Gasteiger partial charge in [0.15, 0.2) is 11.5 Å². The highest BCUT2D eigenvalue weighted by molar-refractivity contribution is 6.31. The van der Waals surface area contributed by atoms with Gasteiger partial charge >= 0.3 is 0 Å². The van der Waals surface area contributed by atoms with Crippen molar-refractivity contribution in [2.45, 2.75) is 6.92 Å². The highest BCUT2D eigenvalue weighted by Crippen LogP contribution is 2.35. The monoisotopic (exact) mass is 374 g/mol. The lowest BCUT2D eigenvalue weighted by atomic mass is 10.1. The normalized spacial score (nSPS) is 10.7. The lowest BCUT2D eigenvalue weighted by Crippen LogP contribution is -2.12. The van der Waals surface area contributed by atoms with Crippen LogP contribution in [0.5, 0.6) is 17.2 Å². The van der Waals surface area contributed by atoms with Crippen LogP contribution in [-0.2, 0) is 0 Å². The lowest BCUT2D eigenvalue weighted by molar-refractivity contribution is 0.102. The molecule has 0 spiro atoms. The molecular weight excluding hydrogens is 356 g/mol. The number of aryl methyl sites for hydroxylation is 1. The molecule has 2 N–H and O–H groups in total. The first-order valence-electron chi connectivity index (χ1n) is 7.87. The van der Waals surface area contributed by atoms with Crippen LogP contribution in [-0.4, -0.2) is 32.2 Å². The number of halogens is 1. The number of H-pyrrole nitrogens is 1. The maximum absolute atomic E-state index is 12.8. The first-order chi connectivity index (χ1) is 12.5. The Bertz CT molecular complexity index is 981. The number of hydrogen-bond donors (Lipinski definition) is 2. The highest BCUT2D eigenvalue weighted by Gasteiger charge is 2.17. The molecule has 3 aromatic rings. The minimum Gasteiger partial charge on any atom is -0.495 e. The molecule has 1 amide bonds. The summed E-state index contributed by atoms with van der Waals surface area (Å²) in [4.78, 5) is 15.9. The summed E-state index contributed by atoms with van der Waals surface area (Å²) in [6.07, 6.45) is 1.65. The van der Waals surface area contributed by atoms with Crippen LogP contribution >= 0.6 is 11.6 Å². The number of benzene rings is 2. The van der Waals surface area contributed by atoms with Crippen molar-refractivity contribution < 1.29 is 19.0 Å². The van der Waals surface area contributed by atoms with Gasteiger partial charge in [0, 0.05) is 28.7 Å². The molecule has 0 bridgehead atoms. The van der Waals surface area contributed by atoms with Crippen LogP contribution in [0, 0.1) is 6.92 Å². The van der Waals surface area contributed by atoms with Crippen molar-refractivity contribution >= 4 is 34.1 Å². The fourth-order valence-corrected chi connectivity index (χ4v) is 2.91. The fraction of sp³-hybridized carbons (Fsp3) is 0.211. The summed E-state index contributed by atoms with van der Waals surface area (Å²) in [6.45, 7) is 1.86. The van der Waals surface area contributed by atoms with Crippen molar-refractivity contribution in [3.63, 3.8) is 0 Å². The standard InChI is InChI=1S/C19H19ClN2O4/c1-10-5-15(16(24-2)7-13(10)20)22-19(23)12-9-21-14-8-18(26-4)17(25-3)6-11(12)14/h5-9,21H,1-4H3,(H,22,23). The third-order valence-electron chi connectivity index (χ3n) is 4.16. The van der Waals surface area contributed by atoms with Gasteiger partial charge < -0.3 is 24.5 Å². The Kier molecular flexibility index (Phi) is 4.95. The van der Waals surface area contributed by atoms with E-state index in [1.807, 2.05) is 6.92 Å². The lowest BCUT2D eigenvalue weighted by Gasteiger charge is -2.12. The van der Waals surface area contributed by atoms with Gasteiger partial charge in [-0.25, -0.2) is 0 Å². The molecule has 3 rings (SSSR count). The van der Waals surface area contributed by atoms with Crippen LogP contribution in [0.15, 0.2) is 30.5 Å². The number of nitrogens with one attached hydrogen (secondary N) is 2. The molecule has 0 aliphatic rings. The summed E-state index contributed by atoms with van der Waals surface area (Å²) in [6, 6.07) is 7.01. The number of rotatable bonds is 5. The third-order valence-corrected chi connectivity index (χ3v) is 4.57.